The molecule has 26 heavy (non-hydrogen) atoms. The lowest BCUT2D eigenvalue weighted by Crippen LogP contribution is -2.34. The van der Waals surface area contributed by atoms with Gasteiger partial charge in [0.2, 0.25) is 0 Å². The normalized spacial score (nSPS) is 11.3. The van der Waals surface area contributed by atoms with Crippen molar-refractivity contribution in [1.82, 2.24) is 5.32 Å². The Balaban J connectivity index is 2.20. The summed E-state index contributed by atoms with van der Waals surface area (Å²) < 4.78 is 15.4. The number of ether oxygens (including phenoxy) is 3. The van der Waals surface area contributed by atoms with Gasteiger partial charge in [0.25, 0.3) is 0 Å². The molecule has 0 bridgehead atoms. The number of halogens is 1. The van der Waals surface area contributed by atoms with Crippen LogP contribution in [0.5, 0.6) is 11.5 Å². The van der Waals surface area contributed by atoms with Crippen molar-refractivity contribution >= 4 is 23.7 Å². The molecule has 0 saturated carbocycles. The fourth-order valence-corrected chi connectivity index (χ4v) is 2.55. The first-order valence-electron chi connectivity index (χ1n) is 7.57. The van der Waals surface area contributed by atoms with Gasteiger partial charge in [-0.25, -0.2) is 9.59 Å². The molecule has 2 aromatic rings. The summed E-state index contributed by atoms with van der Waals surface area (Å²) in [5.41, 5.74) is 0.914. The van der Waals surface area contributed by atoms with Gasteiger partial charge in [-0.05, 0) is 11.6 Å². The van der Waals surface area contributed by atoms with Gasteiger partial charge in [0.1, 0.15) is 6.61 Å². The first-order valence-corrected chi connectivity index (χ1v) is 7.95. The van der Waals surface area contributed by atoms with Gasteiger partial charge in [-0.3, -0.25) is 0 Å². The lowest BCUT2D eigenvalue weighted by molar-refractivity contribution is -0.139. The SMILES string of the molecule is COc1cc(Cl)cc(C(NC(=O)OCc2ccccc2)C(=O)O)c1OC. The number of amides is 1. The van der Waals surface area contributed by atoms with E-state index in [0.29, 0.717) is 0 Å². The molecule has 138 valence electrons. The maximum Gasteiger partial charge on any atom is 0.408 e. The van der Waals surface area contributed by atoms with E-state index in [4.69, 9.17) is 25.8 Å². The minimum atomic E-state index is -1.43. The molecule has 2 N–H and O–H groups in total. The molecule has 7 nitrogen and oxygen atoms in total. The van der Waals surface area contributed by atoms with E-state index in [2.05, 4.69) is 5.32 Å². The van der Waals surface area contributed by atoms with Crippen molar-refractivity contribution in [2.24, 2.45) is 0 Å². The molecule has 0 aliphatic rings. The van der Waals surface area contributed by atoms with Gasteiger partial charge in [-0.1, -0.05) is 41.9 Å². The Morgan fingerprint density at radius 3 is 2.42 bits per heavy atom. The molecule has 1 unspecified atom stereocenters. The van der Waals surface area contributed by atoms with Crippen LogP contribution >= 0.6 is 11.6 Å². The highest BCUT2D eigenvalue weighted by molar-refractivity contribution is 6.30. The van der Waals surface area contributed by atoms with Crippen LogP contribution in [0.3, 0.4) is 0 Å². The molecule has 0 aliphatic carbocycles. The number of hydrogen-bond acceptors (Lipinski definition) is 5. The van der Waals surface area contributed by atoms with Crippen molar-refractivity contribution in [2.75, 3.05) is 14.2 Å². The maximum atomic E-state index is 12.0. The smallest absolute Gasteiger partial charge is 0.408 e. The number of carbonyl (C=O) groups excluding carboxylic acids is 1. The number of benzene rings is 2. The summed E-state index contributed by atoms with van der Waals surface area (Å²) in [5, 5.41) is 12.1. The van der Waals surface area contributed by atoms with Crippen molar-refractivity contribution in [2.45, 2.75) is 12.6 Å². The van der Waals surface area contributed by atoms with E-state index in [1.807, 2.05) is 6.07 Å². The van der Waals surface area contributed by atoms with Gasteiger partial charge < -0.3 is 24.6 Å². The fourth-order valence-electron chi connectivity index (χ4n) is 2.33. The molecular formula is C18H18ClNO6. The minimum absolute atomic E-state index is 0.00894. The van der Waals surface area contributed by atoms with E-state index in [1.54, 1.807) is 24.3 Å². The summed E-state index contributed by atoms with van der Waals surface area (Å²) in [4.78, 5) is 23.7. The number of hydrogen-bond donors (Lipinski definition) is 2. The zero-order valence-corrected chi connectivity index (χ0v) is 14.9. The molecule has 0 heterocycles. The standard InChI is InChI=1S/C18H18ClNO6/c1-24-14-9-12(19)8-13(16(14)25-2)15(17(21)22)20-18(23)26-10-11-6-4-3-5-7-11/h3-9,15H,10H2,1-2H3,(H,20,23)(H,21,22). The van der Waals surface area contributed by atoms with E-state index in [-0.39, 0.29) is 28.7 Å². The molecule has 0 spiro atoms. The first kappa shape index (κ1) is 19.4. The third-order valence-electron chi connectivity index (χ3n) is 3.51. The monoisotopic (exact) mass is 379 g/mol. The first-order chi connectivity index (χ1) is 12.5. The van der Waals surface area contributed by atoms with Crippen LogP contribution in [0, 0.1) is 0 Å². The average Bonchev–Trinajstić information content (AvgIpc) is 2.64. The molecule has 0 saturated heterocycles. The van der Waals surface area contributed by atoms with E-state index < -0.39 is 18.1 Å². The summed E-state index contributed by atoms with van der Waals surface area (Å²) in [6.07, 6.45) is -0.887. The highest BCUT2D eigenvalue weighted by Crippen LogP contribution is 2.38. The van der Waals surface area contributed by atoms with Crippen molar-refractivity contribution in [3.8, 4) is 11.5 Å². The molecule has 0 aromatic heterocycles. The molecule has 0 fully saturated rings. The van der Waals surface area contributed by atoms with E-state index >= 15 is 0 Å². The second-order valence-corrected chi connectivity index (χ2v) is 5.64. The number of rotatable bonds is 7. The number of alkyl carbamates (subject to hydrolysis) is 1. The van der Waals surface area contributed by atoms with Crippen LogP contribution in [0.15, 0.2) is 42.5 Å². The van der Waals surface area contributed by atoms with E-state index in [0.717, 1.165) is 5.56 Å². The highest BCUT2D eigenvalue weighted by Gasteiger charge is 2.28. The minimum Gasteiger partial charge on any atom is -0.493 e. The lowest BCUT2D eigenvalue weighted by Gasteiger charge is -2.19. The third-order valence-corrected chi connectivity index (χ3v) is 3.72. The van der Waals surface area contributed by atoms with Crippen LogP contribution in [-0.2, 0) is 16.1 Å². The van der Waals surface area contributed by atoms with Crippen LogP contribution in [0.25, 0.3) is 0 Å². The Morgan fingerprint density at radius 1 is 1.15 bits per heavy atom. The van der Waals surface area contributed by atoms with Crippen LogP contribution in [0.1, 0.15) is 17.2 Å². The molecule has 2 rings (SSSR count). The quantitative estimate of drug-likeness (QED) is 0.765. The summed E-state index contributed by atoms with van der Waals surface area (Å²) in [5.74, 6) is -0.891. The summed E-state index contributed by atoms with van der Waals surface area (Å²) in [6, 6.07) is 10.5. The van der Waals surface area contributed by atoms with Gasteiger partial charge in [0, 0.05) is 16.7 Å². The number of carboxylic acids is 1. The van der Waals surface area contributed by atoms with Crippen LogP contribution in [0.2, 0.25) is 5.02 Å². The van der Waals surface area contributed by atoms with Gasteiger partial charge >= 0.3 is 12.1 Å². The van der Waals surface area contributed by atoms with E-state index in [9.17, 15) is 14.7 Å². The second-order valence-electron chi connectivity index (χ2n) is 5.21. The molecule has 1 amide bonds. The number of aliphatic carboxylic acids is 1. The number of carbonyl (C=O) groups is 2. The second kappa shape index (κ2) is 8.96. The van der Waals surface area contributed by atoms with Crippen LogP contribution < -0.4 is 14.8 Å². The largest absolute Gasteiger partial charge is 0.493 e. The Bertz CT molecular complexity index is 781. The van der Waals surface area contributed by atoms with Gasteiger partial charge in [0.05, 0.1) is 14.2 Å². The topological polar surface area (TPSA) is 94.1 Å². The molecule has 0 aliphatic heterocycles. The number of carboxylic acid groups (broad SMARTS) is 1. The summed E-state index contributed by atoms with van der Waals surface area (Å²) >= 11 is 6.01. The Kier molecular flexibility index (Phi) is 6.68. The Hall–Kier alpha value is -2.93. The maximum absolute atomic E-state index is 12.0. The number of nitrogens with one attached hydrogen (secondary N) is 1. The molecular weight excluding hydrogens is 362 g/mol. The lowest BCUT2D eigenvalue weighted by atomic mass is 10.1. The van der Waals surface area contributed by atoms with E-state index in [1.165, 1.54) is 26.4 Å². The van der Waals surface area contributed by atoms with Crippen molar-refractivity contribution < 1.29 is 28.9 Å². The van der Waals surface area contributed by atoms with Crippen molar-refractivity contribution in [3.05, 3.63) is 58.6 Å². The summed E-state index contributed by atoms with van der Waals surface area (Å²) in [7, 11) is 2.76. The molecule has 2 aromatic carbocycles. The summed E-state index contributed by atoms with van der Waals surface area (Å²) in [6.45, 7) is 0.00894. The molecule has 1 atom stereocenters. The third kappa shape index (κ3) is 4.80. The van der Waals surface area contributed by atoms with Crippen LogP contribution in [0.4, 0.5) is 4.79 Å². The van der Waals surface area contributed by atoms with Gasteiger partial charge in [-0.2, -0.15) is 0 Å². The zero-order valence-electron chi connectivity index (χ0n) is 14.2. The Morgan fingerprint density at radius 2 is 1.85 bits per heavy atom. The van der Waals surface area contributed by atoms with Gasteiger partial charge in [-0.15, -0.1) is 0 Å². The number of methoxy groups -OCH3 is 2. The molecule has 8 heteroatoms. The predicted molar refractivity (Wildman–Crippen MR) is 94.7 cm³/mol. The highest BCUT2D eigenvalue weighted by atomic mass is 35.5. The fraction of sp³-hybridized carbons (Fsp3) is 0.222. The average molecular weight is 380 g/mol. The van der Waals surface area contributed by atoms with Crippen LogP contribution in [-0.4, -0.2) is 31.4 Å². The van der Waals surface area contributed by atoms with Crippen molar-refractivity contribution in [1.29, 1.82) is 0 Å². The Labute approximate surface area is 155 Å². The van der Waals surface area contributed by atoms with Gasteiger partial charge in [0.15, 0.2) is 17.5 Å². The predicted octanol–water partition coefficient (Wildman–Crippen LogP) is 3.41. The van der Waals surface area contributed by atoms with Crippen molar-refractivity contribution in [3.63, 3.8) is 0 Å². The zero-order chi connectivity index (χ0) is 19.1. The molecule has 0 radical (unpaired) electrons.